The van der Waals surface area contributed by atoms with E-state index in [1.165, 1.54) is 6.08 Å². The maximum Gasteiger partial charge on any atom is 0.335 e. The van der Waals surface area contributed by atoms with E-state index in [0.29, 0.717) is 46.1 Å². The second-order valence-corrected chi connectivity index (χ2v) is 10.2. The fourth-order valence-electron chi connectivity index (χ4n) is 4.28. The number of hydrogen-bond acceptors (Lipinski definition) is 6. The highest BCUT2D eigenvalue weighted by Crippen LogP contribution is 2.32. The lowest BCUT2D eigenvalue weighted by Gasteiger charge is -2.26. The van der Waals surface area contributed by atoms with Crippen LogP contribution in [0.5, 0.6) is 17.2 Å². The Kier molecular flexibility index (Phi) is 9.29. The molecule has 1 fully saturated rings. The Morgan fingerprint density at radius 2 is 1.49 bits per heavy atom. The van der Waals surface area contributed by atoms with Crippen molar-refractivity contribution in [3.05, 3.63) is 123 Å². The third kappa shape index (κ3) is 7.17. The molecule has 0 radical (unpaired) electrons. The number of amides is 4. The number of carbonyl (C=O) groups is 3. The Balaban J connectivity index is 1.33. The molecular formula is C33H26Cl2N2O6. The normalized spacial score (nSPS) is 14.1. The molecule has 1 heterocycles. The number of rotatable bonds is 10. The summed E-state index contributed by atoms with van der Waals surface area (Å²) in [4.78, 5) is 39.7. The van der Waals surface area contributed by atoms with Crippen molar-refractivity contribution < 1.29 is 28.6 Å². The molecule has 0 aromatic heterocycles. The molecule has 0 bridgehead atoms. The van der Waals surface area contributed by atoms with Crippen LogP contribution in [0, 0.1) is 0 Å². The van der Waals surface area contributed by atoms with Crippen molar-refractivity contribution in [2.45, 2.75) is 20.1 Å². The number of nitrogens with one attached hydrogen (secondary N) is 1. The van der Waals surface area contributed by atoms with Crippen molar-refractivity contribution in [2.24, 2.45) is 0 Å². The van der Waals surface area contributed by atoms with E-state index in [1.54, 1.807) is 60.7 Å². The SMILES string of the molecule is CCOc1cc(/C=C2\C(=O)NC(=O)N(c3ccc(OCc4ccccc4)cc3)C2=O)ccc1OCc1ccc(Cl)c(Cl)c1. The van der Waals surface area contributed by atoms with Crippen molar-refractivity contribution in [2.75, 3.05) is 11.5 Å². The fraction of sp³-hybridized carbons (Fsp3) is 0.121. The molecule has 4 aromatic rings. The van der Waals surface area contributed by atoms with Crippen molar-refractivity contribution in [3.8, 4) is 17.2 Å². The second kappa shape index (κ2) is 13.5. The number of imide groups is 2. The molecule has 4 amide bonds. The van der Waals surface area contributed by atoms with Crippen LogP contribution in [0.4, 0.5) is 10.5 Å². The topological polar surface area (TPSA) is 94.2 Å². The van der Waals surface area contributed by atoms with Crippen molar-refractivity contribution in [1.82, 2.24) is 5.32 Å². The zero-order valence-corrected chi connectivity index (χ0v) is 24.5. The second-order valence-electron chi connectivity index (χ2n) is 9.40. The van der Waals surface area contributed by atoms with E-state index in [0.717, 1.165) is 16.0 Å². The molecule has 4 aromatic carbocycles. The van der Waals surface area contributed by atoms with Crippen LogP contribution in [0.25, 0.3) is 6.08 Å². The van der Waals surface area contributed by atoms with Crippen LogP contribution >= 0.6 is 23.2 Å². The van der Waals surface area contributed by atoms with Crippen molar-refractivity contribution in [3.63, 3.8) is 0 Å². The van der Waals surface area contributed by atoms with Crippen molar-refractivity contribution in [1.29, 1.82) is 0 Å². The van der Waals surface area contributed by atoms with Crippen LogP contribution < -0.4 is 24.4 Å². The van der Waals surface area contributed by atoms with Gasteiger partial charge in [0, 0.05) is 0 Å². The maximum atomic E-state index is 13.4. The van der Waals surface area contributed by atoms with Gasteiger partial charge in [-0.15, -0.1) is 0 Å². The number of nitrogens with zero attached hydrogens (tertiary/aromatic N) is 1. The number of anilines is 1. The summed E-state index contributed by atoms with van der Waals surface area (Å²) in [7, 11) is 0. The van der Waals surface area contributed by atoms with Crippen LogP contribution in [0.3, 0.4) is 0 Å². The molecule has 10 heteroatoms. The first-order valence-electron chi connectivity index (χ1n) is 13.3. The largest absolute Gasteiger partial charge is 0.490 e. The monoisotopic (exact) mass is 616 g/mol. The molecule has 0 unspecified atom stereocenters. The number of urea groups is 1. The molecule has 1 saturated heterocycles. The van der Waals surface area contributed by atoms with E-state index < -0.39 is 17.8 Å². The summed E-state index contributed by atoms with van der Waals surface area (Å²) in [5, 5.41) is 3.11. The molecule has 0 saturated carbocycles. The van der Waals surface area contributed by atoms with Gasteiger partial charge in [-0.2, -0.15) is 0 Å². The van der Waals surface area contributed by atoms with E-state index in [2.05, 4.69) is 5.32 Å². The molecule has 0 atom stereocenters. The average Bonchev–Trinajstić information content (AvgIpc) is 3.00. The summed E-state index contributed by atoms with van der Waals surface area (Å²) in [6.07, 6.45) is 1.40. The van der Waals surface area contributed by atoms with Crippen LogP contribution in [0.2, 0.25) is 10.0 Å². The third-order valence-electron chi connectivity index (χ3n) is 6.40. The first-order chi connectivity index (χ1) is 20.8. The van der Waals surface area contributed by atoms with E-state index in [9.17, 15) is 14.4 Å². The standard InChI is InChI=1S/C33H26Cl2N2O6/c1-2-41-30-18-22(9-15-29(30)43-20-23-8-14-27(34)28(35)17-23)16-26-31(38)36-33(40)37(32(26)39)24-10-12-25(13-11-24)42-19-21-6-4-3-5-7-21/h3-18H,2,19-20H2,1H3,(H,36,38,40)/b26-16+. The minimum absolute atomic E-state index is 0.212. The number of halogens is 2. The molecule has 218 valence electrons. The summed E-state index contributed by atoms with van der Waals surface area (Å²) in [5.74, 6) is -0.119. The minimum Gasteiger partial charge on any atom is -0.490 e. The van der Waals surface area contributed by atoms with Gasteiger partial charge in [0.1, 0.15) is 24.5 Å². The summed E-state index contributed by atoms with van der Waals surface area (Å²) >= 11 is 12.1. The van der Waals surface area contributed by atoms with E-state index in [4.69, 9.17) is 37.4 Å². The Morgan fingerprint density at radius 3 is 2.21 bits per heavy atom. The van der Waals surface area contributed by atoms with E-state index in [1.807, 2.05) is 37.3 Å². The predicted molar refractivity (Wildman–Crippen MR) is 165 cm³/mol. The Labute approximate surface area is 258 Å². The molecule has 1 N–H and O–H groups in total. The highest BCUT2D eigenvalue weighted by Gasteiger charge is 2.36. The highest BCUT2D eigenvalue weighted by molar-refractivity contribution is 6.42. The van der Waals surface area contributed by atoms with Gasteiger partial charge in [0.25, 0.3) is 11.8 Å². The van der Waals surface area contributed by atoms with Gasteiger partial charge in [0.15, 0.2) is 11.5 Å². The predicted octanol–water partition coefficient (Wildman–Crippen LogP) is 7.22. The fourth-order valence-corrected chi connectivity index (χ4v) is 4.60. The van der Waals surface area contributed by atoms with Gasteiger partial charge in [-0.3, -0.25) is 14.9 Å². The van der Waals surface area contributed by atoms with Gasteiger partial charge in [-0.1, -0.05) is 65.7 Å². The van der Waals surface area contributed by atoms with Crippen LogP contribution in [-0.2, 0) is 22.8 Å². The molecule has 8 nitrogen and oxygen atoms in total. The van der Waals surface area contributed by atoms with E-state index in [-0.39, 0.29) is 17.9 Å². The Bertz CT molecular complexity index is 1690. The first-order valence-corrected chi connectivity index (χ1v) is 14.1. The van der Waals surface area contributed by atoms with Crippen LogP contribution in [0.15, 0.2) is 96.6 Å². The van der Waals surface area contributed by atoms with Gasteiger partial charge >= 0.3 is 6.03 Å². The van der Waals surface area contributed by atoms with Crippen molar-refractivity contribution >= 4 is 52.8 Å². The Hall–Kier alpha value is -4.79. The van der Waals surface area contributed by atoms with Crippen LogP contribution in [0.1, 0.15) is 23.6 Å². The van der Waals surface area contributed by atoms with E-state index >= 15 is 0 Å². The van der Waals surface area contributed by atoms with Gasteiger partial charge in [-0.05, 0) is 78.2 Å². The lowest BCUT2D eigenvalue weighted by Crippen LogP contribution is -2.54. The molecule has 43 heavy (non-hydrogen) atoms. The first kappa shape index (κ1) is 29.7. The average molecular weight is 617 g/mol. The van der Waals surface area contributed by atoms with Gasteiger partial charge in [0.05, 0.1) is 22.3 Å². The lowest BCUT2D eigenvalue weighted by atomic mass is 10.1. The summed E-state index contributed by atoms with van der Waals surface area (Å²) in [6.45, 7) is 2.77. The molecule has 5 rings (SSSR count). The number of benzene rings is 4. The zero-order chi connectivity index (χ0) is 30.3. The van der Waals surface area contributed by atoms with Crippen LogP contribution in [-0.4, -0.2) is 24.5 Å². The summed E-state index contributed by atoms with van der Waals surface area (Å²) < 4.78 is 17.5. The highest BCUT2D eigenvalue weighted by atomic mass is 35.5. The summed E-state index contributed by atoms with van der Waals surface area (Å²) in [6, 6.07) is 25.5. The lowest BCUT2D eigenvalue weighted by molar-refractivity contribution is -0.122. The molecule has 0 spiro atoms. The maximum absolute atomic E-state index is 13.4. The summed E-state index contributed by atoms with van der Waals surface area (Å²) in [5.41, 5.74) is 2.39. The number of carbonyl (C=O) groups excluding carboxylic acids is 3. The molecular weight excluding hydrogens is 591 g/mol. The van der Waals surface area contributed by atoms with Gasteiger partial charge in [0.2, 0.25) is 0 Å². The molecule has 1 aliphatic rings. The number of ether oxygens (including phenoxy) is 3. The molecule has 0 aliphatic carbocycles. The quantitative estimate of drug-likeness (QED) is 0.149. The zero-order valence-electron chi connectivity index (χ0n) is 23.0. The molecule has 1 aliphatic heterocycles. The minimum atomic E-state index is -0.842. The number of barbiturate groups is 1. The Morgan fingerprint density at radius 1 is 0.744 bits per heavy atom. The number of hydrogen-bond donors (Lipinski definition) is 1. The smallest absolute Gasteiger partial charge is 0.335 e. The van der Waals surface area contributed by atoms with Gasteiger partial charge in [-0.25, -0.2) is 9.69 Å². The third-order valence-corrected chi connectivity index (χ3v) is 7.14. The van der Waals surface area contributed by atoms with Gasteiger partial charge < -0.3 is 14.2 Å².